The van der Waals surface area contributed by atoms with E-state index in [1.807, 2.05) is 42.5 Å². The molecule has 1 amide bonds. The van der Waals surface area contributed by atoms with Crippen LogP contribution >= 0.6 is 11.3 Å². The number of amides is 1. The van der Waals surface area contributed by atoms with Gasteiger partial charge >= 0.3 is 0 Å². The normalized spacial score (nSPS) is 10.8. The summed E-state index contributed by atoms with van der Waals surface area (Å²) in [5, 5.41) is 22.2. The largest absolute Gasteiger partial charge is 0.504 e. The highest BCUT2D eigenvalue weighted by atomic mass is 32.1. The number of thiazole rings is 1. The second-order valence-electron chi connectivity index (χ2n) is 5.73. The molecule has 3 N–H and O–H groups in total. The van der Waals surface area contributed by atoms with Crippen molar-refractivity contribution in [1.82, 2.24) is 4.98 Å². The van der Waals surface area contributed by atoms with Gasteiger partial charge in [0, 0.05) is 17.7 Å². The Labute approximate surface area is 153 Å². The van der Waals surface area contributed by atoms with Crippen LogP contribution in [0.3, 0.4) is 0 Å². The highest BCUT2D eigenvalue weighted by Gasteiger charge is 2.12. The number of carbonyl (C=O) groups excluding carboxylic acids is 1. The van der Waals surface area contributed by atoms with Crippen molar-refractivity contribution in [3.63, 3.8) is 0 Å². The Kier molecular flexibility index (Phi) is 4.02. The number of carbonyl (C=O) groups is 1. The summed E-state index contributed by atoms with van der Waals surface area (Å²) in [6, 6.07) is 20.1. The van der Waals surface area contributed by atoms with E-state index in [0.717, 1.165) is 11.1 Å². The molecule has 0 spiro atoms. The summed E-state index contributed by atoms with van der Waals surface area (Å²) in [4.78, 5) is 16.7. The number of hydrogen-bond acceptors (Lipinski definition) is 5. The Balaban J connectivity index is 1.55. The van der Waals surface area contributed by atoms with Gasteiger partial charge in [-0.3, -0.25) is 10.1 Å². The molecule has 0 bridgehead atoms. The average Bonchev–Trinajstić information content (AvgIpc) is 3.04. The number of benzene rings is 3. The number of hydrogen-bond donors (Lipinski definition) is 3. The molecular weight excluding hydrogens is 348 g/mol. The Morgan fingerprint density at radius 1 is 0.885 bits per heavy atom. The van der Waals surface area contributed by atoms with Gasteiger partial charge in [-0.25, -0.2) is 4.98 Å². The highest BCUT2D eigenvalue weighted by Crippen LogP contribution is 2.34. The maximum Gasteiger partial charge on any atom is 0.257 e. The summed E-state index contributed by atoms with van der Waals surface area (Å²) in [6.45, 7) is 0. The Morgan fingerprint density at radius 2 is 1.54 bits per heavy atom. The molecule has 3 aromatic carbocycles. The minimum absolute atomic E-state index is 0.212. The first-order chi connectivity index (χ1) is 12.6. The van der Waals surface area contributed by atoms with E-state index in [0.29, 0.717) is 20.9 Å². The lowest BCUT2D eigenvalue weighted by Crippen LogP contribution is -2.11. The number of nitrogens with one attached hydrogen (secondary N) is 1. The molecular formula is C20H14N2O3S. The number of nitrogens with zero attached hydrogens (tertiary/aromatic N) is 1. The molecule has 1 heterocycles. The number of fused-ring (bicyclic) bond motifs is 1. The number of phenolic OH excluding ortho intramolecular Hbond substituents is 2. The SMILES string of the molecule is O=C(Nc1nc2cc(O)c(O)cc2s1)c1ccc(-c2ccccc2)cc1. The van der Waals surface area contributed by atoms with Gasteiger partial charge in [-0.1, -0.05) is 53.8 Å². The van der Waals surface area contributed by atoms with Gasteiger partial charge in [-0.2, -0.15) is 0 Å². The van der Waals surface area contributed by atoms with Crippen LogP contribution in [0.15, 0.2) is 66.7 Å². The van der Waals surface area contributed by atoms with Gasteiger partial charge in [0.15, 0.2) is 16.6 Å². The Morgan fingerprint density at radius 3 is 2.27 bits per heavy atom. The zero-order valence-corrected chi connectivity index (χ0v) is 14.3. The lowest BCUT2D eigenvalue weighted by molar-refractivity contribution is 0.102. The first-order valence-electron chi connectivity index (χ1n) is 7.89. The topological polar surface area (TPSA) is 82.5 Å². The minimum Gasteiger partial charge on any atom is -0.504 e. The van der Waals surface area contributed by atoms with Crippen LogP contribution in [-0.2, 0) is 0 Å². The van der Waals surface area contributed by atoms with E-state index in [4.69, 9.17) is 0 Å². The van der Waals surface area contributed by atoms with Crippen LogP contribution in [0.5, 0.6) is 11.5 Å². The van der Waals surface area contributed by atoms with E-state index >= 15 is 0 Å². The fourth-order valence-corrected chi connectivity index (χ4v) is 3.50. The molecule has 0 fully saturated rings. The molecule has 0 aliphatic rings. The first kappa shape index (κ1) is 16.1. The smallest absolute Gasteiger partial charge is 0.257 e. The second-order valence-corrected chi connectivity index (χ2v) is 6.76. The molecule has 0 aliphatic heterocycles. The molecule has 1 aromatic heterocycles. The maximum atomic E-state index is 12.4. The fourth-order valence-electron chi connectivity index (χ4n) is 2.62. The fraction of sp³-hybridized carbons (Fsp3) is 0. The lowest BCUT2D eigenvalue weighted by atomic mass is 10.0. The standard InChI is InChI=1S/C20H14N2O3S/c23-16-10-15-18(11-17(16)24)26-20(21-15)22-19(25)14-8-6-13(7-9-14)12-4-2-1-3-5-12/h1-11,23-24H,(H,21,22,25). The molecule has 0 aliphatic carbocycles. The van der Waals surface area contributed by atoms with Crippen LogP contribution in [0.4, 0.5) is 5.13 Å². The third-order valence-corrected chi connectivity index (χ3v) is 4.89. The number of anilines is 1. The molecule has 4 aromatic rings. The van der Waals surface area contributed by atoms with E-state index in [1.54, 1.807) is 12.1 Å². The van der Waals surface area contributed by atoms with Crippen LogP contribution < -0.4 is 5.32 Å². The van der Waals surface area contributed by atoms with E-state index in [1.165, 1.54) is 23.5 Å². The van der Waals surface area contributed by atoms with Gasteiger partial charge in [0.25, 0.3) is 5.91 Å². The van der Waals surface area contributed by atoms with Crippen LogP contribution in [0.25, 0.3) is 21.3 Å². The number of aromatic nitrogens is 1. The predicted octanol–water partition coefficient (Wildman–Crippen LogP) is 4.63. The second kappa shape index (κ2) is 6.50. The summed E-state index contributed by atoms with van der Waals surface area (Å²) in [5.41, 5.74) is 3.16. The molecule has 128 valence electrons. The van der Waals surface area contributed by atoms with Crippen molar-refractivity contribution in [2.45, 2.75) is 0 Å². The number of aromatic hydroxyl groups is 2. The third kappa shape index (κ3) is 3.10. The summed E-state index contributed by atoms with van der Waals surface area (Å²) in [7, 11) is 0. The van der Waals surface area contributed by atoms with Crippen molar-refractivity contribution in [3.8, 4) is 22.6 Å². The molecule has 0 saturated carbocycles. The first-order valence-corrected chi connectivity index (χ1v) is 8.71. The van der Waals surface area contributed by atoms with E-state index in [-0.39, 0.29) is 17.4 Å². The molecule has 4 rings (SSSR count). The van der Waals surface area contributed by atoms with Gasteiger partial charge in [-0.15, -0.1) is 0 Å². The highest BCUT2D eigenvalue weighted by molar-refractivity contribution is 7.22. The molecule has 0 unspecified atom stereocenters. The maximum absolute atomic E-state index is 12.4. The summed E-state index contributed by atoms with van der Waals surface area (Å²) in [5.74, 6) is -0.718. The van der Waals surface area contributed by atoms with Crippen LogP contribution in [0, 0.1) is 0 Å². The lowest BCUT2D eigenvalue weighted by Gasteiger charge is -2.04. The van der Waals surface area contributed by atoms with Gasteiger partial charge in [0.1, 0.15) is 0 Å². The Bertz CT molecular complexity index is 1050. The van der Waals surface area contributed by atoms with Crippen LogP contribution in [-0.4, -0.2) is 21.1 Å². The predicted molar refractivity (Wildman–Crippen MR) is 103 cm³/mol. The molecule has 6 heteroatoms. The number of rotatable bonds is 3. The number of phenols is 2. The Hall–Kier alpha value is -3.38. The van der Waals surface area contributed by atoms with Crippen molar-refractivity contribution >= 4 is 32.6 Å². The van der Waals surface area contributed by atoms with Gasteiger partial charge < -0.3 is 10.2 Å². The van der Waals surface area contributed by atoms with Crippen molar-refractivity contribution in [2.75, 3.05) is 5.32 Å². The zero-order valence-electron chi connectivity index (χ0n) is 13.5. The molecule has 0 radical (unpaired) electrons. The van der Waals surface area contributed by atoms with Crippen molar-refractivity contribution < 1.29 is 15.0 Å². The quantitative estimate of drug-likeness (QED) is 0.464. The van der Waals surface area contributed by atoms with Gasteiger partial charge in [-0.05, 0) is 23.3 Å². The van der Waals surface area contributed by atoms with Gasteiger partial charge in [0.05, 0.1) is 10.2 Å². The summed E-state index contributed by atoms with van der Waals surface area (Å²) < 4.78 is 0.676. The molecule has 0 atom stereocenters. The van der Waals surface area contributed by atoms with Crippen molar-refractivity contribution in [2.24, 2.45) is 0 Å². The van der Waals surface area contributed by atoms with Gasteiger partial charge in [0.2, 0.25) is 0 Å². The molecule has 5 nitrogen and oxygen atoms in total. The zero-order chi connectivity index (χ0) is 18.1. The van der Waals surface area contributed by atoms with Crippen molar-refractivity contribution in [3.05, 3.63) is 72.3 Å². The van der Waals surface area contributed by atoms with Crippen LogP contribution in [0.2, 0.25) is 0 Å². The van der Waals surface area contributed by atoms with Crippen LogP contribution in [0.1, 0.15) is 10.4 Å². The van der Waals surface area contributed by atoms with E-state index in [2.05, 4.69) is 10.3 Å². The van der Waals surface area contributed by atoms with E-state index < -0.39 is 0 Å². The summed E-state index contributed by atoms with van der Waals surface area (Å²) in [6.07, 6.45) is 0. The van der Waals surface area contributed by atoms with E-state index in [9.17, 15) is 15.0 Å². The minimum atomic E-state index is -0.267. The average molecular weight is 362 g/mol. The molecule has 0 saturated heterocycles. The third-order valence-electron chi connectivity index (χ3n) is 3.96. The van der Waals surface area contributed by atoms with Crippen molar-refractivity contribution in [1.29, 1.82) is 0 Å². The monoisotopic (exact) mass is 362 g/mol. The molecule has 26 heavy (non-hydrogen) atoms. The summed E-state index contributed by atoms with van der Waals surface area (Å²) >= 11 is 1.23.